The fraction of sp³-hybridized carbons (Fsp3) is 0.500. The first kappa shape index (κ1) is 12.1. The van der Waals surface area contributed by atoms with Gasteiger partial charge in [0.05, 0.1) is 12.5 Å². The minimum absolute atomic E-state index is 0.0160. The van der Waals surface area contributed by atoms with Gasteiger partial charge < -0.3 is 10.4 Å². The normalized spacial score (nSPS) is 18.5. The maximum atomic E-state index is 12.2. The molecular formula is C14H19NO2. The summed E-state index contributed by atoms with van der Waals surface area (Å²) in [6.45, 7) is 1.80. The number of carbonyl (C=O) groups is 1. The van der Waals surface area contributed by atoms with E-state index >= 15 is 0 Å². The van der Waals surface area contributed by atoms with E-state index in [2.05, 4.69) is 5.32 Å². The van der Waals surface area contributed by atoms with Crippen LogP contribution in [0.1, 0.15) is 31.2 Å². The van der Waals surface area contributed by atoms with Crippen LogP contribution >= 0.6 is 0 Å². The first-order valence-corrected chi connectivity index (χ1v) is 6.18. The van der Waals surface area contributed by atoms with E-state index in [9.17, 15) is 4.79 Å². The summed E-state index contributed by atoms with van der Waals surface area (Å²) < 4.78 is 0. The van der Waals surface area contributed by atoms with E-state index in [0.29, 0.717) is 5.92 Å². The fourth-order valence-corrected chi connectivity index (χ4v) is 2.11. The first-order valence-electron chi connectivity index (χ1n) is 6.18. The molecule has 1 aromatic rings. The van der Waals surface area contributed by atoms with E-state index in [1.165, 1.54) is 0 Å². The minimum Gasteiger partial charge on any atom is -0.394 e. The van der Waals surface area contributed by atoms with E-state index in [1.807, 2.05) is 37.3 Å². The molecule has 0 spiro atoms. The van der Waals surface area contributed by atoms with Gasteiger partial charge in [-0.1, -0.05) is 30.3 Å². The zero-order valence-corrected chi connectivity index (χ0v) is 10.1. The molecular weight excluding hydrogens is 214 g/mol. The van der Waals surface area contributed by atoms with Crippen LogP contribution in [0.2, 0.25) is 0 Å². The third-order valence-corrected chi connectivity index (χ3v) is 3.20. The van der Waals surface area contributed by atoms with Gasteiger partial charge in [-0.25, -0.2) is 0 Å². The highest BCUT2D eigenvalue weighted by Gasteiger charge is 2.37. The lowest BCUT2D eigenvalue weighted by atomic mass is 9.93. The maximum absolute atomic E-state index is 12.2. The molecule has 0 heterocycles. The summed E-state index contributed by atoms with van der Waals surface area (Å²) in [6.07, 6.45) is 2.25. The second-order valence-electron chi connectivity index (χ2n) is 4.82. The van der Waals surface area contributed by atoms with Gasteiger partial charge in [0.1, 0.15) is 0 Å². The monoisotopic (exact) mass is 233 g/mol. The van der Waals surface area contributed by atoms with Gasteiger partial charge in [0, 0.05) is 6.04 Å². The Hall–Kier alpha value is -1.35. The predicted molar refractivity (Wildman–Crippen MR) is 66.6 cm³/mol. The molecule has 2 N–H and O–H groups in total. The molecule has 0 aliphatic heterocycles. The Morgan fingerprint density at radius 2 is 2.06 bits per heavy atom. The second kappa shape index (κ2) is 5.32. The van der Waals surface area contributed by atoms with Crippen molar-refractivity contribution in [3.8, 4) is 0 Å². The molecule has 1 aromatic carbocycles. The smallest absolute Gasteiger partial charge is 0.228 e. The van der Waals surface area contributed by atoms with Gasteiger partial charge in [-0.2, -0.15) is 0 Å². The van der Waals surface area contributed by atoms with Crippen molar-refractivity contribution in [3.63, 3.8) is 0 Å². The summed E-state index contributed by atoms with van der Waals surface area (Å²) in [5.41, 5.74) is 1.08. The molecule has 3 nitrogen and oxygen atoms in total. The van der Waals surface area contributed by atoms with Gasteiger partial charge in [0.15, 0.2) is 0 Å². The van der Waals surface area contributed by atoms with E-state index in [0.717, 1.165) is 18.4 Å². The number of aliphatic hydroxyl groups excluding tert-OH is 1. The van der Waals surface area contributed by atoms with Crippen molar-refractivity contribution in [2.45, 2.75) is 31.7 Å². The molecule has 0 aromatic heterocycles. The van der Waals surface area contributed by atoms with Crippen LogP contribution < -0.4 is 5.32 Å². The van der Waals surface area contributed by atoms with Crippen molar-refractivity contribution in [1.82, 2.24) is 5.32 Å². The summed E-state index contributed by atoms with van der Waals surface area (Å²) in [7, 11) is 0. The molecule has 2 unspecified atom stereocenters. The zero-order valence-electron chi connectivity index (χ0n) is 10.1. The molecule has 1 amide bonds. The minimum atomic E-state index is -0.174. The molecule has 0 saturated heterocycles. The zero-order chi connectivity index (χ0) is 12.3. The topological polar surface area (TPSA) is 49.3 Å². The van der Waals surface area contributed by atoms with Crippen LogP contribution in [-0.2, 0) is 4.79 Å². The van der Waals surface area contributed by atoms with Gasteiger partial charge in [0.25, 0.3) is 0 Å². The Balaban J connectivity index is 2.10. The molecule has 17 heavy (non-hydrogen) atoms. The van der Waals surface area contributed by atoms with Crippen molar-refractivity contribution in [3.05, 3.63) is 35.9 Å². The largest absolute Gasteiger partial charge is 0.394 e. The molecule has 1 aliphatic carbocycles. The van der Waals surface area contributed by atoms with E-state index in [1.54, 1.807) is 0 Å². The summed E-state index contributed by atoms with van der Waals surface area (Å²) in [6, 6.07) is 9.73. The number of hydrogen-bond donors (Lipinski definition) is 2. The van der Waals surface area contributed by atoms with Gasteiger partial charge in [-0.15, -0.1) is 0 Å². The van der Waals surface area contributed by atoms with Crippen molar-refractivity contribution >= 4 is 5.91 Å². The number of nitrogens with one attached hydrogen (secondary N) is 1. The Bertz CT molecular complexity index is 373. The number of benzene rings is 1. The van der Waals surface area contributed by atoms with Crippen LogP contribution in [0, 0.1) is 5.92 Å². The quantitative estimate of drug-likeness (QED) is 0.813. The highest BCUT2D eigenvalue weighted by Crippen LogP contribution is 2.42. The Morgan fingerprint density at radius 3 is 2.59 bits per heavy atom. The van der Waals surface area contributed by atoms with Crippen molar-refractivity contribution in [1.29, 1.82) is 0 Å². The Kier molecular flexibility index (Phi) is 3.79. The summed E-state index contributed by atoms with van der Waals surface area (Å²) in [4.78, 5) is 12.2. The lowest BCUT2D eigenvalue weighted by molar-refractivity contribution is -0.123. The van der Waals surface area contributed by atoms with E-state index in [-0.39, 0.29) is 24.5 Å². The summed E-state index contributed by atoms with van der Waals surface area (Å²) in [5.74, 6) is 0.466. The molecule has 1 saturated carbocycles. The number of aliphatic hydroxyl groups is 1. The van der Waals surface area contributed by atoms with Crippen molar-refractivity contribution in [2.75, 3.05) is 6.61 Å². The van der Waals surface area contributed by atoms with Crippen LogP contribution in [0.15, 0.2) is 30.3 Å². The first-order chi connectivity index (χ1) is 8.22. The molecule has 2 rings (SSSR count). The third-order valence-electron chi connectivity index (χ3n) is 3.20. The maximum Gasteiger partial charge on any atom is 0.228 e. The molecule has 0 bridgehead atoms. The number of rotatable bonds is 5. The summed E-state index contributed by atoms with van der Waals surface area (Å²) in [5, 5.41) is 11.8. The van der Waals surface area contributed by atoms with Gasteiger partial charge in [-0.05, 0) is 31.2 Å². The second-order valence-corrected chi connectivity index (χ2v) is 4.82. The number of hydrogen-bond acceptors (Lipinski definition) is 2. The van der Waals surface area contributed by atoms with Crippen molar-refractivity contribution in [2.24, 2.45) is 5.92 Å². The highest BCUT2D eigenvalue weighted by molar-refractivity contribution is 5.84. The van der Waals surface area contributed by atoms with Crippen LogP contribution in [0.3, 0.4) is 0 Å². The predicted octanol–water partition coefficient (Wildman–Crippen LogP) is 1.68. The molecule has 1 fully saturated rings. The van der Waals surface area contributed by atoms with Crippen LogP contribution in [-0.4, -0.2) is 23.7 Å². The van der Waals surface area contributed by atoms with Gasteiger partial charge in [-0.3, -0.25) is 4.79 Å². The van der Waals surface area contributed by atoms with Crippen LogP contribution in [0.4, 0.5) is 0 Å². The van der Waals surface area contributed by atoms with Crippen LogP contribution in [0.25, 0.3) is 0 Å². The molecule has 0 radical (unpaired) electrons. The molecule has 1 aliphatic rings. The van der Waals surface area contributed by atoms with E-state index < -0.39 is 0 Å². The molecule has 2 atom stereocenters. The average Bonchev–Trinajstić information content (AvgIpc) is 3.15. The Labute approximate surface area is 102 Å². The standard InChI is InChI=1S/C14H19NO2/c1-10(9-16)15-14(17)13(12-7-8-12)11-5-3-2-4-6-11/h2-6,10,12-13,16H,7-9H2,1H3,(H,15,17). The Morgan fingerprint density at radius 1 is 1.41 bits per heavy atom. The lowest BCUT2D eigenvalue weighted by Gasteiger charge is -2.19. The van der Waals surface area contributed by atoms with Crippen molar-refractivity contribution < 1.29 is 9.90 Å². The molecule has 3 heteroatoms. The number of carbonyl (C=O) groups excluding carboxylic acids is 1. The summed E-state index contributed by atoms with van der Waals surface area (Å²) >= 11 is 0. The number of amides is 1. The van der Waals surface area contributed by atoms with Crippen LogP contribution in [0.5, 0.6) is 0 Å². The van der Waals surface area contributed by atoms with E-state index in [4.69, 9.17) is 5.11 Å². The lowest BCUT2D eigenvalue weighted by Crippen LogP contribution is -2.38. The van der Waals surface area contributed by atoms with Gasteiger partial charge >= 0.3 is 0 Å². The third kappa shape index (κ3) is 3.07. The average molecular weight is 233 g/mol. The molecule has 92 valence electrons. The fourth-order valence-electron chi connectivity index (χ4n) is 2.11. The SMILES string of the molecule is CC(CO)NC(=O)C(c1ccccc1)C1CC1. The highest BCUT2D eigenvalue weighted by atomic mass is 16.3. The van der Waals surface area contributed by atoms with Gasteiger partial charge in [0.2, 0.25) is 5.91 Å².